The fourth-order valence-electron chi connectivity index (χ4n) is 0. The fourth-order valence-corrected chi connectivity index (χ4v) is 0. The van der Waals surface area contributed by atoms with Gasteiger partial charge in [0.2, 0.25) is 0 Å². The van der Waals surface area contributed by atoms with Gasteiger partial charge in [-0.05, 0) is 0 Å². The van der Waals surface area contributed by atoms with E-state index in [4.69, 9.17) is 13.0 Å². The first-order valence-corrected chi connectivity index (χ1v) is 2.68. The summed E-state index contributed by atoms with van der Waals surface area (Å²) < 4.78 is 58.9. The first-order chi connectivity index (χ1) is 3.25. The summed E-state index contributed by atoms with van der Waals surface area (Å²) in [7, 11) is -6.09. The van der Waals surface area contributed by atoms with Gasteiger partial charge in [0.15, 0.2) is 10.1 Å². The van der Waals surface area contributed by atoms with Crippen molar-refractivity contribution in [2.45, 2.75) is 5.51 Å². The number of alkyl halides is 3. The van der Waals surface area contributed by atoms with E-state index in [9.17, 15) is 13.2 Å². The Kier molecular flexibility index (Phi) is 3.93. The van der Waals surface area contributed by atoms with Gasteiger partial charge in [0.1, 0.15) is 0 Å². The number of hydrogen-bond donors (Lipinski definition) is 0. The fraction of sp³-hybridized carbons (Fsp3) is 1.00. The first-order valence-electron chi connectivity index (χ1n) is 1.27. The maximum atomic E-state index is 10.7. The zero-order valence-corrected chi connectivity index (χ0v) is 6.06. The molecule has 0 heterocycles. The van der Waals surface area contributed by atoms with Crippen molar-refractivity contribution in [1.82, 2.24) is 0 Å². The SMILES string of the molecule is O=S(=O)([O-])C(F)(F)F.[Rh+]. The Bertz CT molecular complexity index is 168. The molecule has 0 N–H and O–H groups in total. The van der Waals surface area contributed by atoms with Gasteiger partial charge in [-0.3, -0.25) is 0 Å². The molecule has 0 fully saturated rings. The summed E-state index contributed by atoms with van der Waals surface area (Å²) in [5.41, 5.74) is -5.65. The van der Waals surface area contributed by atoms with Crippen LogP contribution in [0.2, 0.25) is 0 Å². The van der Waals surface area contributed by atoms with Gasteiger partial charge in [-0.15, -0.1) is 0 Å². The molecule has 0 aromatic rings. The second-order valence-electron chi connectivity index (χ2n) is 0.900. The number of hydrogen-bond acceptors (Lipinski definition) is 3. The number of rotatable bonds is 0. The van der Waals surface area contributed by atoms with Crippen molar-refractivity contribution in [3.05, 3.63) is 0 Å². The van der Waals surface area contributed by atoms with Crippen LogP contribution in [0.15, 0.2) is 0 Å². The maximum absolute atomic E-state index is 10.7. The van der Waals surface area contributed by atoms with Crippen molar-refractivity contribution in [2.24, 2.45) is 0 Å². The molecule has 0 saturated carbocycles. The molecule has 8 heteroatoms. The Morgan fingerprint density at radius 3 is 1.33 bits per heavy atom. The third-order valence-electron chi connectivity index (χ3n) is 0.283. The monoisotopic (exact) mass is 252 g/mol. The van der Waals surface area contributed by atoms with E-state index in [0.717, 1.165) is 0 Å². The van der Waals surface area contributed by atoms with Gasteiger partial charge in [0.25, 0.3) is 0 Å². The van der Waals surface area contributed by atoms with E-state index in [-0.39, 0.29) is 19.5 Å². The third-order valence-corrected chi connectivity index (χ3v) is 0.850. The molecule has 0 amide bonds. The average molecular weight is 252 g/mol. The summed E-state index contributed by atoms with van der Waals surface area (Å²) in [6, 6.07) is 0. The van der Waals surface area contributed by atoms with Gasteiger partial charge in [0, 0.05) is 0 Å². The van der Waals surface area contributed by atoms with Crippen LogP contribution in [0.3, 0.4) is 0 Å². The van der Waals surface area contributed by atoms with Crippen LogP contribution in [0, 0.1) is 0 Å². The van der Waals surface area contributed by atoms with E-state index in [0.29, 0.717) is 0 Å². The van der Waals surface area contributed by atoms with E-state index >= 15 is 0 Å². The molecule has 0 atom stereocenters. The molecule has 0 bridgehead atoms. The molecule has 0 spiro atoms. The average Bonchev–Trinajstić information content (AvgIpc) is 1.25. The standard InChI is InChI=1S/CHF3O3S.Rh/c2-1(3,4)8(5,6)7;/h(H,5,6,7);/q;+1/p-1. The molecular weight excluding hydrogens is 252 g/mol. The van der Waals surface area contributed by atoms with E-state index in [2.05, 4.69) is 0 Å². The number of halogens is 3. The van der Waals surface area contributed by atoms with E-state index in [1.54, 1.807) is 0 Å². The van der Waals surface area contributed by atoms with Crippen LogP contribution in [0.4, 0.5) is 13.2 Å². The predicted molar refractivity (Wildman–Crippen MR) is 15.8 cm³/mol. The molecule has 58 valence electrons. The molecule has 0 aliphatic rings. The summed E-state index contributed by atoms with van der Waals surface area (Å²) in [6.45, 7) is 0. The molecule has 0 radical (unpaired) electrons. The molecule has 0 aromatic carbocycles. The van der Waals surface area contributed by atoms with Gasteiger partial charge in [-0.25, -0.2) is 8.42 Å². The minimum absolute atomic E-state index is 0. The van der Waals surface area contributed by atoms with Gasteiger partial charge < -0.3 is 4.55 Å². The van der Waals surface area contributed by atoms with Crippen LogP contribution >= 0.6 is 0 Å². The quantitative estimate of drug-likeness (QED) is 0.347. The minimum Gasteiger partial charge on any atom is -0.741 e. The van der Waals surface area contributed by atoms with Gasteiger partial charge in [0.05, 0.1) is 0 Å². The molecule has 3 nitrogen and oxygen atoms in total. The zero-order chi connectivity index (χ0) is 7.00. The van der Waals surface area contributed by atoms with Crippen LogP contribution in [0.5, 0.6) is 0 Å². The van der Waals surface area contributed by atoms with E-state index in [1.807, 2.05) is 0 Å². The molecule has 0 aliphatic heterocycles. The third kappa shape index (κ3) is 3.83. The molecule has 0 rings (SSSR count). The Morgan fingerprint density at radius 1 is 1.22 bits per heavy atom. The molecule has 9 heavy (non-hydrogen) atoms. The van der Waals surface area contributed by atoms with Crippen LogP contribution in [0.1, 0.15) is 0 Å². The normalized spacial score (nSPS) is 12.4. The summed E-state index contributed by atoms with van der Waals surface area (Å²) in [6.07, 6.45) is 0. The van der Waals surface area contributed by atoms with Crippen LogP contribution in [-0.4, -0.2) is 18.5 Å². The first kappa shape index (κ1) is 12.0. The van der Waals surface area contributed by atoms with Gasteiger partial charge >= 0.3 is 25.0 Å². The summed E-state index contributed by atoms with van der Waals surface area (Å²) in [5.74, 6) is 0. The van der Waals surface area contributed by atoms with Gasteiger partial charge in [-0.2, -0.15) is 13.2 Å². The van der Waals surface area contributed by atoms with Crippen molar-refractivity contribution in [3.8, 4) is 0 Å². The summed E-state index contributed by atoms with van der Waals surface area (Å²) >= 11 is 0. The van der Waals surface area contributed by atoms with Crippen molar-refractivity contribution in [1.29, 1.82) is 0 Å². The Labute approximate surface area is 61.7 Å². The van der Waals surface area contributed by atoms with E-state index < -0.39 is 15.6 Å². The van der Waals surface area contributed by atoms with Crippen molar-refractivity contribution in [2.75, 3.05) is 0 Å². The molecule has 0 aromatic heterocycles. The largest absolute Gasteiger partial charge is 1.00 e. The topological polar surface area (TPSA) is 57.2 Å². The Balaban J connectivity index is 0. The zero-order valence-electron chi connectivity index (χ0n) is 3.60. The van der Waals surface area contributed by atoms with Gasteiger partial charge in [-0.1, -0.05) is 0 Å². The Morgan fingerprint density at radius 2 is 1.33 bits per heavy atom. The van der Waals surface area contributed by atoms with E-state index in [1.165, 1.54) is 0 Å². The van der Waals surface area contributed by atoms with Crippen molar-refractivity contribution < 1.29 is 45.6 Å². The Hall–Kier alpha value is 0.323. The van der Waals surface area contributed by atoms with Crippen molar-refractivity contribution >= 4 is 10.1 Å². The second kappa shape index (κ2) is 2.94. The molecule has 0 aliphatic carbocycles. The second-order valence-corrected chi connectivity index (χ2v) is 2.27. The summed E-state index contributed by atoms with van der Waals surface area (Å²) in [5, 5.41) is 0. The van der Waals surface area contributed by atoms with Crippen molar-refractivity contribution in [3.63, 3.8) is 0 Å². The van der Waals surface area contributed by atoms with Crippen LogP contribution in [0.25, 0.3) is 0 Å². The molecule has 0 saturated heterocycles. The molecular formula is CF3O3RhS. The molecule has 0 unspecified atom stereocenters. The predicted octanol–water partition coefficient (Wildman–Crippen LogP) is 0.0489. The van der Waals surface area contributed by atoms with Crippen LogP contribution in [-0.2, 0) is 29.6 Å². The summed E-state index contributed by atoms with van der Waals surface area (Å²) in [4.78, 5) is 0. The maximum Gasteiger partial charge on any atom is 1.00 e. The van der Waals surface area contributed by atoms with Crippen LogP contribution < -0.4 is 0 Å². The smallest absolute Gasteiger partial charge is 0.741 e. The minimum atomic E-state index is -6.09.